The molecule has 1 aliphatic carbocycles. The maximum absolute atomic E-state index is 5.97. The van der Waals surface area contributed by atoms with Crippen molar-refractivity contribution in [2.75, 3.05) is 27.4 Å². The lowest BCUT2D eigenvalue weighted by Gasteiger charge is -2.16. The van der Waals surface area contributed by atoms with E-state index in [1.165, 1.54) is 38.5 Å². The van der Waals surface area contributed by atoms with Crippen molar-refractivity contribution in [1.29, 1.82) is 0 Å². The van der Waals surface area contributed by atoms with Crippen molar-refractivity contribution in [2.45, 2.75) is 44.6 Å². The zero-order valence-corrected chi connectivity index (χ0v) is 17.5. The van der Waals surface area contributed by atoms with Gasteiger partial charge in [0.25, 0.3) is 0 Å². The van der Waals surface area contributed by atoms with Crippen LogP contribution in [-0.2, 0) is 0 Å². The Hall–Kier alpha value is -1.38. The summed E-state index contributed by atoms with van der Waals surface area (Å²) < 4.78 is 16.1. The molecule has 0 bridgehead atoms. The number of guanidine groups is 1. The first kappa shape index (κ1) is 21.7. The summed E-state index contributed by atoms with van der Waals surface area (Å²) in [6, 6.07) is 5.90. The highest BCUT2D eigenvalue weighted by atomic mass is 127. The van der Waals surface area contributed by atoms with Crippen LogP contribution in [0, 0.1) is 0 Å². The molecule has 1 aromatic rings. The second kappa shape index (κ2) is 12.1. The van der Waals surface area contributed by atoms with Crippen LogP contribution in [0.25, 0.3) is 0 Å². The van der Waals surface area contributed by atoms with Gasteiger partial charge in [-0.15, -0.1) is 24.0 Å². The lowest BCUT2D eigenvalue weighted by molar-refractivity contribution is 0.320. The Morgan fingerprint density at radius 1 is 1.04 bits per heavy atom. The predicted octanol–water partition coefficient (Wildman–Crippen LogP) is 3.33. The predicted molar refractivity (Wildman–Crippen MR) is 112 cm³/mol. The molecule has 25 heavy (non-hydrogen) atoms. The number of benzene rings is 1. The highest BCUT2D eigenvalue weighted by Crippen LogP contribution is 2.27. The van der Waals surface area contributed by atoms with Crippen LogP contribution >= 0.6 is 24.0 Å². The Labute approximate surface area is 167 Å². The van der Waals surface area contributed by atoms with E-state index in [-0.39, 0.29) is 24.0 Å². The fourth-order valence-corrected chi connectivity index (χ4v) is 2.87. The molecule has 142 valence electrons. The molecule has 3 N–H and O–H groups in total. The smallest absolute Gasteiger partial charge is 0.188 e. The Balaban J connectivity index is 0.00000312. The van der Waals surface area contributed by atoms with Crippen LogP contribution in [0.1, 0.15) is 38.5 Å². The number of aliphatic imine (C=N–C) groups is 1. The van der Waals surface area contributed by atoms with Gasteiger partial charge in [-0.25, -0.2) is 4.99 Å². The Morgan fingerprint density at radius 2 is 1.60 bits per heavy atom. The average Bonchev–Trinajstić information content (AvgIpc) is 2.87. The summed E-state index contributed by atoms with van der Waals surface area (Å²) >= 11 is 0. The van der Waals surface area contributed by atoms with E-state index in [2.05, 4.69) is 10.3 Å². The van der Waals surface area contributed by atoms with E-state index in [9.17, 15) is 0 Å². The van der Waals surface area contributed by atoms with Crippen molar-refractivity contribution < 1.29 is 14.2 Å². The molecule has 0 atom stereocenters. The third kappa shape index (κ3) is 8.02. The summed E-state index contributed by atoms with van der Waals surface area (Å²) in [6.45, 7) is 0.953. The quantitative estimate of drug-likeness (QED) is 0.213. The molecule has 1 saturated carbocycles. The molecule has 0 aliphatic heterocycles. The lowest BCUT2D eigenvalue weighted by Crippen LogP contribution is -2.40. The van der Waals surface area contributed by atoms with Crippen LogP contribution in [-0.4, -0.2) is 39.4 Å². The molecular formula is C18H30IN3O3. The largest absolute Gasteiger partial charge is 0.496 e. The maximum Gasteiger partial charge on any atom is 0.188 e. The summed E-state index contributed by atoms with van der Waals surface area (Å²) in [5.41, 5.74) is 5.97. The number of methoxy groups -OCH3 is 2. The van der Waals surface area contributed by atoms with E-state index >= 15 is 0 Å². The first-order valence-electron chi connectivity index (χ1n) is 8.63. The van der Waals surface area contributed by atoms with Gasteiger partial charge in [-0.3, -0.25) is 0 Å². The molecule has 1 aliphatic rings. The van der Waals surface area contributed by atoms with Gasteiger partial charge in [0.2, 0.25) is 0 Å². The molecule has 0 radical (unpaired) electrons. The zero-order valence-electron chi connectivity index (χ0n) is 15.1. The van der Waals surface area contributed by atoms with Crippen LogP contribution in [0.5, 0.6) is 17.2 Å². The molecule has 6 nitrogen and oxygen atoms in total. The Kier molecular flexibility index (Phi) is 10.4. The number of nitrogens with two attached hydrogens (primary N) is 1. The first-order valence-corrected chi connectivity index (χ1v) is 8.63. The number of halogens is 1. The van der Waals surface area contributed by atoms with Gasteiger partial charge in [0.15, 0.2) is 5.96 Å². The Bertz CT molecular complexity index is 510. The highest BCUT2D eigenvalue weighted by Gasteiger charge is 2.12. The van der Waals surface area contributed by atoms with E-state index < -0.39 is 0 Å². The topological polar surface area (TPSA) is 78.1 Å². The SMILES string of the molecule is COc1cc(OC)cc(OCCN=C(N)NC2CCCCCC2)c1.I. The minimum absolute atomic E-state index is 0. The third-order valence-corrected chi connectivity index (χ3v) is 4.17. The van der Waals surface area contributed by atoms with Crippen molar-refractivity contribution in [1.82, 2.24) is 5.32 Å². The van der Waals surface area contributed by atoms with E-state index in [0.29, 0.717) is 42.4 Å². The van der Waals surface area contributed by atoms with Crippen LogP contribution in [0.3, 0.4) is 0 Å². The highest BCUT2D eigenvalue weighted by molar-refractivity contribution is 14.0. The van der Waals surface area contributed by atoms with Crippen molar-refractivity contribution in [3.8, 4) is 17.2 Å². The lowest BCUT2D eigenvalue weighted by atomic mass is 10.1. The van der Waals surface area contributed by atoms with E-state index in [4.69, 9.17) is 19.9 Å². The number of rotatable bonds is 7. The molecule has 0 spiro atoms. The minimum atomic E-state index is 0. The number of ether oxygens (including phenoxy) is 3. The summed E-state index contributed by atoms with van der Waals surface area (Å²) in [5.74, 6) is 2.59. The fraction of sp³-hybridized carbons (Fsp3) is 0.611. The van der Waals surface area contributed by atoms with Crippen LogP contribution in [0.15, 0.2) is 23.2 Å². The summed E-state index contributed by atoms with van der Waals surface area (Å²) in [7, 11) is 3.23. The van der Waals surface area contributed by atoms with Gasteiger partial charge in [-0.05, 0) is 12.8 Å². The van der Waals surface area contributed by atoms with Crippen LogP contribution in [0.2, 0.25) is 0 Å². The fourth-order valence-electron chi connectivity index (χ4n) is 2.87. The van der Waals surface area contributed by atoms with E-state index in [1.54, 1.807) is 20.3 Å². The van der Waals surface area contributed by atoms with Gasteiger partial charge >= 0.3 is 0 Å². The number of hydrogen-bond acceptors (Lipinski definition) is 4. The average molecular weight is 463 g/mol. The molecule has 0 aromatic heterocycles. The van der Waals surface area contributed by atoms with Gasteiger partial charge in [0.1, 0.15) is 23.9 Å². The van der Waals surface area contributed by atoms with E-state index in [1.807, 2.05) is 12.1 Å². The Morgan fingerprint density at radius 3 is 2.16 bits per heavy atom. The van der Waals surface area contributed by atoms with Gasteiger partial charge in [-0.1, -0.05) is 25.7 Å². The molecule has 2 rings (SSSR count). The molecule has 0 amide bonds. The zero-order chi connectivity index (χ0) is 17.2. The summed E-state index contributed by atoms with van der Waals surface area (Å²) in [5, 5.41) is 3.33. The van der Waals surface area contributed by atoms with Crippen LogP contribution in [0.4, 0.5) is 0 Å². The van der Waals surface area contributed by atoms with Gasteiger partial charge in [0, 0.05) is 24.2 Å². The molecule has 1 aromatic carbocycles. The van der Waals surface area contributed by atoms with Gasteiger partial charge in [0.05, 0.1) is 20.8 Å². The van der Waals surface area contributed by atoms with Gasteiger partial charge in [-0.2, -0.15) is 0 Å². The number of hydrogen-bond donors (Lipinski definition) is 2. The maximum atomic E-state index is 5.97. The molecule has 0 saturated heterocycles. The molecule has 1 fully saturated rings. The standard InChI is InChI=1S/C18H29N3O3.HI/c1-22-15-11-16(23-2)13-17(12-15)24-10-9-20-18(19)21-14-7-5-3-4-6-8-14;/h11-14H,3-10H2,1-2H3,(H3,19,20,21);1H. The second-order valence-corrected chi connectivity index (χ2v) is 6.00. The van der Waals surface area contributed by atoms with Crippen molar-refractivity contribution in [3.05, 3.63) is 18.2 Å². The van der Waals surface area contributed by atoms with E-state index in [0.717, 1.165) is 0 Å². The number of nitrogens with one attached hydrogen (secondary N) is 1. The molecular weight excluding hydrogens is 433 g/mol. The monoisotopic (exact) mass is 463 g/mol. The first-order chi connectivity index (χ1) is 11.7. The molecule has 7 heteroatoms. The second-order valence-electron chi connectivity index (χ2n) is 6.00. The normalized spacial score (nSPS) is 15.7. The molecule has 0 heterocycles. The van der Waals surface area contributed by atoms with Crippen LogP contribution < -0.4 is 25.3 Å². The van der Waals surface area contributed by atoms with Crippen molar-refractivity contribution >= 4 is 29.9 Å². The number of nitrogens with zero attached hydrogens (tertiary/aromatic N) is 1. The summed E-state index contributed by atoms with van der Waals surface area (Å²) in [6.07, 6.45) is 7.55. The molecule has 0 unspecified atom stereocenters. The van der Waals surface area contributed by atoms with Crippen molar-refractivity contribution in [2.24, 2.45) is 10.7 Å². The van der Waals surface area contributed by atoms with Crippen molar-refractivity contribution in [3.63, 3.8) is 0 Å². The van der Waals surface area contributed by atoms with Gasteiger partial charge < -0.3 is 25.3 Å². The third-order valence-electron chi connectivity index (χ3n) is 4.17. The summed E-state index contributed by atoms with van der Waals surface area (Å²) in [4.78, 5) is 4.34. The minimum Gasteiger partial charge on any atom is -0.496 e.